The van der Waals surface area contributed by atoms with Gasteiger partial charge in [-0.05, 0) is 31.5 Å². The maximum absolute atomic E-state index is 9.09. The average molecular weight is 247 g/mol. The van der Waals surface area contributed by atoms with Crippen molar-refractivity contribution in [3.05, 3.63) is 35.5 Å². The number of aliphatic hydroxyl groups excluding tert-OH is 1. The molecule has 0 unspecified atom stereocenters. The van der Waals surface area contributed by atoms with E-state index in [1.54, 1.807) is 10.7 Å². The standard InChI is InChI=1S/C13H17N3O2/c1-3-16-13(12(14)9(2)15-16)18-11-6-4-5-10(7-11)8-17/h4-7,17H,3,8,14H2,1-2H3. The second-order valence-corrected chi connectivity index (χ2v) is 4.03. The van der Waals surface area contributed by atoms with Gasteiger partial charge in [0.15, 0.2) is 0 Å². The summed E-state index contributed by atoms with van der Waals surface area (Å²) in [4.78, 5) is 0. The summed E-state index contributed by atoms with van der Waals surface area (Å²) >= 11 is 0. The molecule has 0 aliphatic rings. The van der Waals surface area contributed by atoms with Crippen LogP contribution in [-0.4, -0.2) is 14.9 Å². The maximum Gasteiger partial charge on any atom is 0.241 e. The molecule has 0 bridgehead atoms. The van der Waals surface area contributed by atoms with Crippen molar-refractivity contribution in [1.82, 2.24) is 9.78 Å². The van der Waals surface area contributed by atoms with Gasteiger partial charge in [0.2, 0.25) is 5.88 Å². The Bertz CT molecular complexity index is 549. The molecule has 18 heavy (non-hydrogen) atoms. The normalized spacial score (nSPS) is 10.6. The predicted octanol–water partition coefficient (Wildman–Crippen LogP) is 2.08. The Balaban J connectivity index is 2.33. The van der Waals surface area contributed by atoms with Crippen LogP contribution in [0.3, 0.4) is 0 Å². The van der Waals surface area contributed by atoms with E-state index < -0.39 is 0 Å². The Morgan fingerprint density at radius 2 is 2.22 bits per heavy atom. The summed E-state index contributed by atoms with van der Waals surface area (Å²) in [5, 5.41) is 13.4. The number of nitrogen functional groups attached to an aromatic ring is 1. The first kappa shape index (κ1) is 12.4. The van der Waals surface area contributed by atoms with Gasteiger partial charge in [-0.2, -0.15) is 5.10 Å². The molecule has 0 spiro atoms. The summed E-state index contributed by atoms with van der Waals surface area (Å²) in [6, 6.07) is 7.26. The van der Waals surface area contributed by atoms with Gasteiger partial charge in [0, 0.05) is 6.54 Å². The Morgan fingerprint density at radius 3 is 2.89 bits per heavy atom. The second-order valence-electron chi connectivity index (χ2n) is 4.03. The van der Waals surface area contributed by atoms with Crippen molar-refractivity contribution in [2.24, 2.45) is 0 Å². The fourth-order valence-corrected chi connectivity index (χ4v) is 1.72. The van der Waals surface area contributed by atoms with Crippen LogP contribution in [0.1, 0.15) is 18.2 Å². The average Bonchev–Trinajstić information content (AvgIpc) is 2.67. The summed E-state index contributed by atoms with van der Waals surface area (Å²) in [6.45, 7) is 4.49. The first-order chi connectivity index (χ1) is 8.65. The Kier molecular flexibility index (Phi) is 3.53. The first-order valence-corrected chi connectivity index (χ1v) is 5.86. The lowest BCUT2D eigenvalue weighted by Gasteiger charge is -2.09. The SMILES string of the molecule is CCn1nc(C)c(N)c1Oc1cccc(CO)c1. The number of nitrogens with zero attached hydrogens (tertiary/aromatic N) is 2. The molecule has 0 aliphatic carbocycles. The van der Waals surface area contributed by atoms with Gasteiger partial charge >= 0.3 is 0 Å². The zero-order chi connectivity index (χ0) is 13.1. The van der Waals surface area contributed by atoms with E-state index in [9.17, 15) is 0 Å². The largest absolute Gasteiger partial charge is 0.437 e. The van der Waals surface area contributed by atoms with Crippen LogP contribution >= 0.6 is 0 Å². The number of aromatic nitrogens is 2. The summed E-state index contributed by atoms with van der Waals surface area (Å²) in [5.74, 6) is 1.19. The van der Waals surface area contributed by atoms with Crippen molar-refractivity contribution < 1.29 is 9.84 Å². The zero-order valence-electron chi connectivity index (χ0n) is 10.6. The van der Waals surface area contributed by atoms with Crippen LogP contribution in [0.15, 0.2) is 24.3 Å². The third-order valence-electron chi connectivity index (χ3n) is 2.72. The van der Waals surface area contributed by atoms with E-state index in [1.165, 1.54) is 0 Å². The fourth-order valence-electron chi connectivity index (χ4n) is 1.72. The molecule has 0 amide bonds. The van der Waals surface area contributed by atoms with Gasteiger partial charge in [0.25, 0.3) is 0 Å². The molecule has 5 nitrogen and oxygen atoms in total. The van der Waals surface area contributed by atoms with E-state index in [1.807, 2.05) is 32.0 Å². The highest BCUT2D eigenvalue weighted by molar-refractivity contribution is 5.54. The van der Waals surface area contributed by atoms with E-state index in [0.29, 0.717) is 23.9 Å². The Labute approximate surface area is 106 Å². The van der Waals surface area contributed by atoms with E-state index in [0.717, 1.165) is 11.3 Å². The lowest BCUT2D eigenvalue weighted by atomic mass is 10.2. The van der Waals surface area contributed by atoms with E-state index in [-0.39, 0.29) is 6.61 Å². The lowest BCUT2D eigenvalue weighted by Crippen LogP contribution is -2.01. The molecular formula is C13H17N3O2. The highest BCUT2D eigenvalue weighted by atomic mass is 16.5. The summed E-state index contributed by atoms with van der Waals surface area (Å²) in [5.41, 5.74) is 8.04. The molecule has 2 aromatic rings. The summed E-state index contributed by atoms with van der Waals surface area (Å²) in [6.07, 6.45) is 0. The number of benzene rings is 1. The van der Waals surface area contributed by atoms with Crippen molar-refractivity contribution in [3.8, 4) is 11.6 Å². The van der Waals surface area contributed by atoms with Crippen LogP contribution in [0.2, 0.25) is 0 Å². The molecule has 0 radical (unpaired) electrons. The van der Waals surface area contributed by atoms with Crippen molar-refractivity contribution >= 4 is 5.69 Å². The summed E-state index contributed by atoms with van der Waals surface area (Å²) < 4.78 is 7.48. The van der Waals surface area contributed by atoms with Gasteiger partial charge in [-0.25, -0.2) is 4.68 Å². The minimum atomic E-state index is -0.0151. The number of aryl methyl sites for hydroxylation is 2. The molecular weight excluding hydrogens is 230 g/mol. The van der Waals surface area contributed by atoms with Crippen LogP contribution in [-0.2, 0) is 13.2 Å². The van der Waals surface area contributed by atoms with Crippen molar-refractivity contribution in [2.75, 3.05) is 5.73 Å². The van der Waals surface area contributed by atoms with Gasteiger partial charge < -0.3 is 15.6 Å². The molecule has 0 atom stereocenters. The minimum absolute atomic E-state index is 0.0151. The molecule has 3 N–H and O–H groups in total. The highest BCUT2D eigenvalue weighted by Crippen LogP contribution is 2.30. The molecule has 96 valence electrons. The number of hydrogen-bond acceptors (Lipinski definition) is 4. The fraction of sp³-hybridized carbons (Fsp3) is 0.308. The van der Waals surface area contributed by atoms with Crippen LogP contribution < -0.4 is 10.5 Å². The molecule has 0 fully saturated rings. The topological polar surface area (TPSA) is 73.3 Å². The van der Waals surface area contributed by atoms with Gasteiger partial charge in [-0.1, -0.05) is 12.1 Å². The number of ether oxygens (including phenoxy) is 1. The van der Waals surface area contributed by atoms with Crippen molar-refractivity contribution in [2.45, 2.75) is 27.0 Å². The van der Waals surface area contributed by atoms with E-state index >= 15 is 0 Å². The van der Waals surface area contributed by atoms with E-state index in [4.69, 9.17) is 15.6 Å². The second kappa shape index (κ2) is 5.10. The smallest absolute Gasteiger partial charge is 0.241 e. The Morgan fingerprint density at radius 1 is 1.44 bits per heavy atom. The first-order valence-electron chi connectivity index (χ1n) is 5.86. The monoisotopic (exact) mass is 247 g/mol. The molecule has 0 saturated heterocycles. The van der Waals surface area contributed by atoms with Gasteiger partial charge in [0.05, 0.1) is 12.3 Å². The quantitative estimate of drug-likeness (QED) is 0.867. The third-order valence-corrected chi connectivity index (χ3v) is 2.72. The van der Waals surface area contributed by atoms with Crippen LogP contribution in [0.5, 0.6) is 11.6 Å². The molecule has 1 aromatic heterocycles. The Hall–Kier alpha value is -2.01. The molecule has 1 heterocycles. The van der Waals surface area contributed by atoms with E-state index in [2.05, 4.69) is 5.10 Å². The highest BCUT2D eigenvalue weighted by Gasteiger charge is 2.13. The minimum Gasteiger partial charge on any atom is -0.437 e. The molecule has 1 aromatic carbocycles. The van der Waals surface area contributed by atoms with Gasteiger partial charge in [0.1, 0.15) is 11.4 Å². The molecule has 0 aliphatic heterocycles. The number of rotatable bonds is 4. The van der Waals surface area contributed by atoms with Gasteiger partial charge in [-0.15, -0.1) is 0 Å². The maximum atomic E-state index is 9.09. The van der Waals surface area contributed by atoms with Crippen LogP contribution in [0.25, 0.3) is 0 Å². The number of hydrogen-bond donors (Lipinski definition) is 2. The molecule has 2 rings (SSSR count). The van der Waals surface area contributed by atoms with Crippen LogP contribution in [0, 0.1) is 6.92 Å². The van der Waals surface area contributed by atoms with Crippen molar-refractivity contribution in [3.63, 3.8) is 0 Å². The van der Waals surface area contributed by atoms with Crippen molar-refractivity contribution in [1.29, 1.82) is 0 Å². The number of anilines is 1. The molecule has 0 saturated carbocycles. The zero-order valence-corrected chi connectivity index (χ0v) is 10.6. The third kappa shape index (κ3) is 2.31. The summed E-state index contributed by atoms with van der Waals surface area (Å²) in [7, 11) is 0. The lowest BCUT2D eigenvalue weighted by molar-refractivity contribution is 0.281. The predicted molar refractivity (Wildman–Crippen MR) is 69.5 cm³/mol. The number of nitrogens with two attached hydrogens (primary N) is 1. The number of aliphatic hydroxyl groups is 1. The van der Waals surface area contributed by atoms with Gasteiger partial charge in [-0.3, -0.25) is 0 Å². The molecule has 5 heteroatoms. The van der Waals surface area contributed by atoms with Crippen LogP contribution in [0.4, 0.5) is 5.69 Å².